The number of halogens is 6. The minimum Gasteiger partial charge on any atom is -0.426 e. The van der Waals surface area contributed by atoms with Crippen LogP contribution in [0.5, 0.6) is 0 Å². The van der Waals surface area contributed by atoms with E-state index in [1.54, 1.807) is 13.8 Å². The van der Waals surface area contributed by atoms with E-state index in [0.717, 1.165) is 12.1 Å². The summed E-state index contributed by atoms with van der Waals surface area (Å²) in [6, 6.07) is 5.08. The molecule has 0 aliphatic rings. The lowest BCUT2D eigenvalue weighted by Gasteiger charge is -2.19. The van der Waals surface area contributed by atoms with Crippen LogP contribution in [0, 0.1) is 11.6 Å². The van der Waals surface area contributed by atoms with Gasteiger partial charge in [0, 0.05) is 11.1 Å². The molecular formula is C17H12Br2Cl2F2O3. The van der Waals surface area contributed by atoms with Gasteiger partial charge in [0.25, 0.3) is 0 Å². The molecule has 2 aromatic carbocycles. The van der Waals surface area contributed by atoms with Gasteiger partial charge < -0.3 is 9.47 Å². The molecule has 2 atom stereocenters. The topological polar surface area (TPSA) is 35.5 Å². The van der Waals surface area contributed by atoms with Crippen molar-refractivity contribution < 1.29 is 23.0 Å². The predicted octanol–water partition coefficient (Wildman–Crippen LogP) is 7.77. The standard InChI is InChI=1S/C17H12Br2Cl2F2O3/c1-7(9-3-11(18)15(22)5-13(9)20)25-17(24)26-8(2)10-4-12(19)16(23)6-14(10)21/h3-8H,1-2H3. The summed E-state index contributed by atoms with van der Waals surface area (Å²) in [6.45, 7) is 3.14. The van der Waals surface area contributed by atoms with Crippen LogP contribution in [-0.4, -0.2) is 6.16 Å². The van der Waals surface area contributed by atoms with Crippen LogP contribution >= 0.6 is 55.1 Å². The lowest BCUT2D eigenvalue weighted by molar-refractivity contribution is 0.00628. The second kappa shape index (κ2) is 8.87. The van der Waals surface area contributed by atoms with Crippen LogP contribution in [0.15, 0.2) is 33.2 Å². The van der Waals surface area contributed by atoms with E-state index in [4.69, 9.17) is 32.7 Å². The average molecular weight is 533 g/mol. The Balaban J connectivity index is 2.09. The van der Waals surface area contributed by atoms with Gasteiger partial charge in [0.15, 0.2) is 0 Å². The van der Waals surface area contributed by atoms with Crippen molar-refractivity contribution in [3.63, 3.8) is 0 Å². The number of hydrogen-bond acceptors (Lipinski definition) is 3. The molecule has 0 saturated carbocycles. The van der Waals surface area contributed by atoms with Gasteiger partial charge in [0.05, 0.1) is 19.0 Å². The average Bonchev–Trinajstić information content (AvgIpc) is 2.53. The quantitative estimate of drug-likeness (QED) is 0.298. The summed E-state index contributed by atoms with van der Waals surface area (Å²) in [6.07, 6.45) is -2.54. The van der Waals surface area contributed by atoms with Crippen molar-refractivity contribution in [1.82, 2.24) is 0 Å². The number of carbonyl (C=O) groups is 1. The van der Waals surface area contributed by atoms with Crippen LogP contribution in [0.3, 0.4) is 0 Å². The monoisotopic (exact) mass is 530 g/mol. The summed E-state index contributed by atoms with van der Waals surface area (Å²) < 4.78 is 37.6. The van der Waals surface area contributed by atoms with Gasteiger partial charge in [-0.3, -0.25) is 0 Å². The molecule has 0 bridgehead atoms. The van der Waals surface area contributed by atoms with Gasteiger partial charge in [0.2, 0.25) is 0 Å². The van der Waals surface area contributed by atoms with Crippen molar-refractivity contribution >= 4 is 61.2 Å². The Hall–Kier alpha value is -0.890. The Labute approximate surface area is 175 Å². The third kappa shape index (κ3) is 5.09. The SMILES string of the molecule is CC(OC(=O)OC(C)c1cc(Br)c(F)cc1Cl)c1cc(Br)c(F)cc1Cl. The molecule has 2 unspecified atom stereocenters. The van der Waals surface area contributed by atoms with Gasteiger partial charge in [-0.05, 0) is 70.0 Å². The van der Waals surface area contributed by atoms with E-state index in [1.807, 2.05) is 0 Å². The zero-order valence-corrected chi connectivity index (χ0v) is 18.1. The maximum atomic E-state index is 13.4. The summed E-state index contributed by atoms with van der Waals surface area (Å²) in [4.78, 5) is 12.0. The van der Waals surface area contributed by atoms with Gasteiger partial charge >= 0.3 is 6.16 Å². The van der Waals surface area contributed by atoms with Gasteiger partial charge in [-0.2, -0.15) is 0 Å². The minimum absolute atomic E-state index is 0.115. The fraction of sp³-hybridized carbons (Fsp3) is 0.235. The van der Waals surface area contributed by atoms with Crippen molar-refractivity contribution in [1.29, 1.82) is 0 Å². The van der Waals surface area contributed by atoms with Gasteiger partial charge in [0.1, 0.15) is 23.8 Å². The molecule has 0 radical (unpaired) electrons. The van der Waals surface area contributed by atoms with E-state index in [0.29, 0.717) is 11.1 Å². The van der Waals surface area contributed by atoms with Crippen LogP contribution in [0.25, 0.3) is 0 Å². The van der Waals surface area contributed by atoms with Gasteiger partial charge in [-0.1, -0.05) is 23.2 Å². The molecule has 0 N–H and O–H groups in total. The van der Waals surface area contributed by atoms with E-state index in [-0.39, 0.29) is 19.0 Å². The van der Waals surface area contributed by atoms with E-state index < -0.39 is 30.0 Å². The molecule has 0 saturated heterocycles. The van der Waals surface area contributed by atoms with Crippen LogP contribution in [0.1, 0.15) is 37.2 Å². The molecule has 0 spiro atoms. The number of rotatable bonds is 4. The first-order valence-corrected chi connectivity index (χ1v) is 9.60. The molecule has 0 aromatic heterocycles. The Morgan fingerprint density at radius 2 is 1.23 bits per heavy atom. The summed E-state index contributed by atoms with van der Waals surface area (Å²) in [5, 5.41) is 0.231. The highest BCUT2D eigenvalue weighted by Crippen LogP contribution is 2.33. The first-order chi connectivity index (χ1) is 12.1. The number of hydrogen-bond donors (Lipinski definition) is 0. The maximum absolute atomic E-state index is 13.4. The fourth-order valence-electron chi connectivity index (χ4n) is 2.14. The molecule has 140 valence electrons. The second-order valence-electron chi connectivity index (χ2n) is 5.35. The zero-order valence-electron chi connectivity index (χ0n) is 13.5. The molecule has 2 rings (SSSR count). The lowest BCUT2D eigenvalue weighted by Crippen LogP contribution is -2.14. The largest absolute Gasteiger partial charge is 0.509 e. The number of ether oxygens (including phenoxy) is 2. The van der Waals surface area contributed by atoms with E-state index in [2.05, 4.69) is 31.9 Å². The van der Waals surface area contributed by atoms with Crippen molar-refractivity contribution in [3.8, 4) is 0 Å². The summed E-state index contributed by atoms with van der Waals surface area (Å²) in [5.74, 6) is -1.06. The molecule has 2 aromatic rings. The highest BCUT2D eigenvalue weighted by molar-refractivity contribution is 9.10. The van der Waals surface area contributed by atoms with E-state index in [9.17, 15) is 13.6 Å². The van der Waals surface area contributed by atoms with E-state index >= 15 is 0 Å². The predicted molar refractivity (Wildman–Crippen MR) is 103 cm³/mol. The molecule has 0 heterocycles. The highest BCUT2D eigenvalue weighted by Gasteiger charge is 2.22. The summed E-state index contributed by atoms with van der Waals surface area (Å²) in [5.41, 5.74) is 0.819. The Morgan fingerprint density at radius 3 is 1.58 bits per heavy atom. The molecule has 26 heavy (non-hydrogen) atoms. The van der Waals surface area contributed by atoms with E-state index in [1.165, 1.54) is 12.1 Å². The second-order valence-corrected chi connectivity index (χ2v) is 7.87. The van der Waals surface area contributed by atoms with Crippen molar-refractivity contribution in [2.75, 3.05) is 0 Å². The molecule has 0 aliphatic carbocycles. The lowest BCUT2D eigenvalue weighted by atomic mass is 10.1. The highest BCUT2D eigenvalue weighted by atomic mass is 79.9. The molecular weight excluding hydrogens is 521 g/mol. The van der Waals surface area contributed by atoms with Crippen molar-refractivity contribution in [2.24, 2.45) is 0 Å². The molecule has 9 heteroatoms. The first-order valence-electron chi connectivity index (χ1n) is 7.26. The number of benzene rings is 2. The Morgan fingerprint density at radius 1 is 0.885 bits per heavy atom. The van der Waals surface area contributed by atoms with Gasteiger partial charge in [-0.25, -0.2) is 13.6 Å². The molecule has 0 aliphatic heterocycles. The van der Waals surface area contributed by atoms with Crippen molar-refractivity contribution in [3.05, 3.63) is 66.0 Å². The van der Waals surface area contributed by atoms with Crippen LogP contribution in [0.2, 0.25) is 10.0 Å². The van der Waals surface area contributed by atoms with Crippen LogP contribution < -0.4 is 0 Å². The summed E-state index contributed by atoms with van der Waals surface area (Å²) >= 11 is 18.1. The van der Waals surface area contributed by atoms with Gasteiger partial charge in [-0.15, -0.1) is 0 Å². The fourth-order valence-corrected chi connectivity index (χ4v) is 3.47. The smallest absolute Gasteiger partial charge is 0.426 e. The maximum Gasteiger partial charge on any atom is 0.509 e. The molecule has 3 nitrogen and oxygen atoms in total. The first kappa shape index (κ1) is 21.4. The normalized spacial score (nSPS) is 13.2. The van der Waals surface area contributed by atoms with Crippen LogP contribution in [0.4, 0.5) is 13.6 Å². The minimum atomic E-state index is -0.974. The number of carbonyl (C=O) groups excluding carboxylic acids is 1. The molecule has 0 amide bonds. The van der Waals surface area contributed by atoms with Crippen molar-refractivity contribution in [2.45, 2.75) is 26.1 Å². The Kier molecular flexibility index (Phi) is 7.30. The third-order valence-corrected chi connectivity index (χ3v) is 5.37. The summed E-state index contributed by atoms with van der Waals surface area (Å²) in [7, 11) is 0. The molecule has 0 fully saturated rings. The Bertz CT molecular complexity index is 782. The van der Waals surface area contributed by atoms with Crippen LogP contribution in [-0.2, 0) is 9.47 Å². The zero-order chi connectivity index (χ0) is 19.6. The third-order valence-electron chi connectivity index (χ3n) is 3.50.